The minimum Gasteiger partial charge on any atom is -0.355 e. The lowest BCUT2D eigenvalue weighted by atomic mass is 9.82. The van der Waals surface area contributed by atoms with Crippen molar-refractivity contribution in [2.75, 3.05) is 31.9 Å². The Labute approximate surface area is 629 Å². The minimum atomic E-state index is -0.0366. The van der Waals surface area contributed by atoms with Crippen molar-refractivity contribution in [3.8, 4) is 0 Å². The number of nitrogens with one attached hydrogen (secondary N) is 6. The highest BCUT2D eigenvalue weighted by atomic mass is 14.9. The highest BCUT2D eigenvalue weighted by molar-refractivity contribution is 6.00. The lowest BCUT2D eigenvalue weighted by molar-refractivity contribution is 0.951. The standard InChI is InChI=1S/C100H100N6/c1-59-47-63(5)95(64(6)48-59)101-81-35-27-77(28-36-81)93(89-43-45-91(87-23-19-17-21-85(87)89)105-99-67(9)51-61(3)52-68(99)10)79-31-39-83(40-32-79)103-97-71(13)55-75(56-72(97)14)25-26-76-57-73(15)98(74(16)58-76)104-84-41-33-80(34-42-84)94(78-29-37-82(38-30-78)102-96-65(7)49-60(2)50-66(96)8)90-44-46-92(88-24-20-18-22-86(88)90)106-100-69(11)53-62(4)54-70(100)12/h17-24,27-58,93-94,101-106H,25-26H2,1-16H3. The van der Waals surface area contributed by atoms with E-state index in [1.807, 2.05) is 0 Å². The van der Waals surface area contributed by atoms with Crippen LogP contribution in [0.1, 0.15) is 145 Å². The molecular weight excluding hydrogens is 1290 g/mol. The van der Waals surface area contributed by atoms with Crippen molar-refractivity contribution in [3.05, 3.63) is 376 Å². The molecule has 0 saturated carbocycles. The first-order chi connectivity index (χ1) is 51.0. The largest absolute Gasteiger partial charge is 0.355 e. The molecule has 530 valence electrons. The predicted octanol–water partition coefficient (Wildman–Crippen LogP) is 27.5. The molecule has 0 aromatic heterocycles. The molecule has 0 aliphatic rings. The molecule has 0 radical (unpaired) electrons. The van der Waals surface area contributed by atoms with E-state index < -0.39 is 0 Å². The van der Waals surface area contributed by atoms with Crippen molar-refractivity contribution in [2.45, 2.75) is 135 Å². The van der Waals surface area contributed by atoms with Gasteiger partial charge in [-0.25, -0.2) is 0 Å². The first-order valence-corrected chi connectivity index (χ1v) is 37.6. The Balaban J connectivity index is 0.686. The second-order valence-electron chi connectivity index (χ2n) is 30.4. The third-order valence-corrected chi connectivity index (χ3v) is 21.7. The normalized spacial score (nSPS) is 12.0. The highest BCUT2D eigenvalue weighted by Crippen LogP contribution is 2.45. The van der Waals surface area contributed by atoms with Gasteiger partial charge in [-0.05, 0) is 306 Å². The zero-order valence-electron chi connectivity index (χ0n) is 64.7. The number of hydrogen-bond acceptors (Lipinski definition) is 6. The summed E-state index contributed by atoms with van der Waals surface area (Å²) in [4.78, 5) is 0. The first kappa shape index (κ1) is 71.4. The molecule has 0 heterocycles. The van der Waals surface area contributed by atoms with Crippen LogP contribution >= 0.6 is 0 Å². The van der Waals surface area contributed by atoms with Gasteiger partial charge in [0, 0.05) is 90.9 Å². The van der Waals surface area contributed by atoms with E-state index in [0.717, 1.165) is 81.1 Å². The molecule has 106 heavy (non-hydrogen) atoms. The molecule has 14 aromatic carbocycles. The maximum atomic E-state index is 3.87. The SMILES string of the molecule is Cc1cc(C)c(Nc2ccc(C(c3ccc(Nc4c(C)cc(CCc5cc(C)c(Nc6ccc(C(c7ccc(Nc8c(C)cc(C)cc8C)cc7)c7ccc(Nc8c(C)cc(C)cc8C)c8ccccc78)cc6)c(C)c5)cc4C)cc3)c3ccc(Nc4c(C)cc(C)cc4C)c4ccccc34)cc2)c(C)c1. The summed E-state index contributed by atoms with van der Waals surface area (Å²) in [6.07, 6.45) is 1.88. The molecule has 6 heteroatoms. The number of hydrogen-bond donors (Lipinski definition) is 6. The van der Waals surface area contributed by atoms with Crippen LogP contribution in [0.25, 0.3) is 21.5 Å². The topological polar surface area (TPSA) is 72.2 Å². The average molecular weight is 1390 g/mol. The quantitative estimate of drug-likeness (QED) is 0.0403. The number of fused-ring (bicyclic) bond motifs is 2. The molecule has 14 rings (SSSR count). The molecule has 0 amide bonds. The molecule has 0 aliphatic carbocycles. The molecule has 6 nitrogen and oxygen atoms in total. The molecule has 0 saturated heterocycles. The summed E-state index contributed by atoms with van der Waals surface area (Å²) in [5.74, 6) is -0.0732. The van der Waals surface area contributed by atoms with Crippen LogP contribution in [0, 0.1) is 111 Å². The van der Waals surface area contributed by atoms with Crippen LogP contribution in [0.15, 0.2) is 243 Å². The molecule has 0 aliphatic heterocycles. The second-order valence-corrected chi connectivity index (χ2v) is 30.4. The van der Waals surface area contributed by atoms with E-state index in [2.05, 4.69) is 385 Å². The third-order valence-electron chi connectivity index (χ3n) is 21.7. The van der Waals surface area contributed by atoms with Gasteiger partial charge in [0.25, 0.3) is 0 Å². The summed E-state index contributed by atoms with van der Waals surface area (Å²) in [5, 5.41) is 27.9. The fourth-order valence-electron chi connectivity index (χ4n) is 16.9. The summed E-state index contributed by atoms with van der Waals surface area (Å²) in [6, 6.07) is 91.0. The van der Waals surface area contributed by atoms with Crippen LogP contribution in [0.3, 0.4) is 0 Å². The highest BCUT2D eigenvalue weighted by Gasteiger charge is 2.25. The molecular formula is C100H100N6. The lowest BCUT2D eigenvalue weighted by Crippen LogP contribution is -2.06. The van der Waals surface area contributed by atoms with Crippen LogP contribution in [0.5, 0.6) is 0 Å². The van der Waals surface area contributed by atoms with E-state index in [1.54, 1.807) is 0 Å². The van der Waals surface area contributed by atoms with Crippen molar-refractivity contribution in [1.82, 2.24) is 0 Å². The van der Waals surface area contributed by atoms with Gasteiger partial charge in [-0.15, -0.1) is 0 Å². The Morgan fingerprint density at radius 1 is 0.208 bits per heavy atom. The summed E-state index contributed by atoms with van der Waals surface area (Å²) in [6.45, 7) is 35.2. The molecule has 2 atom stereocenters. The average Bonchev–Trinajstić information content (AvgIpc) is 0.761. The van der Waals surface area contributed by atoms with Gasteiger partial charge < -0.3 is 31.9 Å². The van der Waals surface area contributed by atoms with Crippen LogP contribution < -0.4 is 31.9 Å². The van der Waals surface area contributed by atoms with Gasteiger partial charge in [-0.1, -0.05) is 204 Å². The maximum absolute atomic E-state index is 3.87. The van der Waals surface area contributed by atoms with Gasteiger partial charge >= 0.3 is 0 Å². The number of benzene rings is 14. The van der Waals surface area contributed by atoms with Crippen molar-refractivity contribution in [2.24, 2.45) is 0 Å². The van der Waals surface area contributed by atoms with Crippen LogP contribution in [0.2, 0.25) is 0 Å². The molecule has 0 bridgehead atoms. The van der Waals surface area contributed by atoms with E-state index >= 15 is 0 Å². The van der Waals surface area contributed by atoms with E-state index in [1.165, 1.54) is 155 Å². The van der Waals surface area contributed by atoms with Crippen molar-refractivity contribution in [3.63, 3.8) is 0 Å². The molecule has 2 unspecified atom stereocenters. The van der Waals surface area contributed by atoms with Crippen molar-refractivity contribution in [1.29, 1.82) is 0 Å². The van der Waals surface area contributed by atoms with Gasteiger partial charge in [0.2, 0.25) is 0 Å². The number of rotatable bonds is 21. The smallest absolute Gasteiger partial charge is 0.0464 e. The van der Waals surface area contributed by atoms with Crippen molar-refractivity contribution >= 4 is 89.8 Å². The monoisotopic (exact) mass is 1380 g/mol. The second kappa shape index (κ2) is 30.2. The number of anilines is 12. The Kier molecular flexibility index (Phi) is 20.4. The first-order valence-electron chi connectivity index (χ1n) is 37.6. The fourth-order valence-corrected chi connectivity index (χ4v) is 16.9. The van der Waals surface area contributed by atoms with E-state index in [0.29, 0.717) is 0 Å². The molecule has 0 spiro atoms. The number of aryl methyl sites for hydroxylation is 18. The van der Waals surface area contributed by atoms with E-state index in [4.69, 9.17) is 0 Å². The van der Waals surface area contributed by atoms with Gasteiger partial charge in [0.1, 0.15) is 0 Å². The van der Waals surface area contributed by atoms with Gasteiger partial charge in [-0.2, -0.15) is 0 Å². The zero-order chi connectivity index (χ0) is 74.2. The van der Waals surface area contributed by atoms with Crippen LogP contribution in [-0.2, 0) is 12.8 Å². The Bertz CT molecular complexity index is 5150. The van der Waals surface area contributed by atoms with E-state index in [9.17, 15) is 0 Å². The van der Waals surface area contributed by atoms with Crippen LogP contribution in [-0.4, -0.2) is 0 Å². The van der Waals surface area contributed by atoms with Crippen LogP contribution in [0.4, 0.5) is 68.2 Å². The molecule has 0 fully saturated rings. The third kappa shape index (κ3) is 15.2. The Morgan fingerprint density at radius 2 is 0.415 bits per heavy atom. The molecule has 14 aromatic rings. The van der Waals surface area contributed by atoms with Crippen molar-refractivity contribution < 1.29 is 0 Å². The fraction of sp³-hybridized carbons (Fsp3) is 0.200. The summed E-state index contributed by atoms with van der Waals surface area (Å²) >= 11 is 0. The summed E-state index contributed by atoms with van der Waals surface area (Å²) < 4.78 is 0. The lowest BCUT2D eigenvalue weighted by Gasteiger charge is -2.24. The van der Waals surface area contributed by atoms with Gasteiger partial charge in [0.05, 0.1) is 0 Å². The summed E-state index contributed by atoms with van der Waals surface area (Å²) in [7, 11) is 0. The Hall–Kier alpha value is -11.6. The predicted molar refractivity (Wildman–Crippen MR) is 457 cm³/mol. The molecule has 6 N–H and O–H groups in total. The van der Waals surface area contributed by atoms with Gasteiger partial charge in [-0.3, -0.25) is 0 Å². The Morgan fingerprint density at radius 3 is 0.651 bits per heavy atom. The maximum Gasteiger partial charge on any atom is 0.0464 e. The zero-order valence-corrected chi connectivity index (χ0v) is 64.7. The van der Waals surface area contributed by atoms with Gasteiger partial charge in [0.15, 0.2) is 0 Å². The van der Waals surface area contributed by atoms with E-state index in [-0.39, 0.29) is 11.8 Å². The summed E-state index contributed by atoms with van der Waals surface area (Å²) in [5.41, 5.74) is 43.5. The minimum absolute atomic E-state index is 0.0366.